The molecule has 2 N–H and O–H groups in total. The molecule has 0 aliphatic rings. The Bertz CT molecular complexity index is 735. The van der Waals surface area contributed by atoms with Crippen LogP contribution < -0.4 is 10.9 Å². The van der Waals surface area contributed by atoms with E-state index in [4.69, 9.17) is 4.42 Å². The van der Waals surface area contributed by atoms with Crippen LogP contribution in [0.5, 0.6) is 0 Å². The molecule has 0 fully saturated rings. The molecule has 2 amide bonds. The molecule has 1 aromatic heterocycles. The van der Waals surface area contributed by atoms with Gasteiger partial charge in [-0.3, -0.25) is 20.4 Å². The average Bonchev–Trinajstić information content (AvgIpc) is 2.81. The molecule has 2 rings (SSSR count). The van der Waals surface area contributed by atoms with Crippen LogP contribution in [0.25, 0.3) is 6.08 Å². The molecule has 5 nitrogen and oxygen atoms in total. The van der Waals surface area contributed by atoms with Crippen molar-refractivity contribution in [1.29, 1.82) is 0 Å². The molecule has 2 aromatic rings. The summed E-state index contributed by atoms with van der Waals surface area (Å²) in [4.78, 5) is 23.4. The summed E-state index contributed by atoms with van der Waals surface area (Å²) in [6, 6.07) is 7.38. The van der Waals surface area contributed by atoms with Crippen LogP contribution in [0, 0.1) is 19.7 Å². The topological polar surface area (TPSA) is 71.3 Å². The SMILES string of the molecule is Cc1cc(C(=O)NNC(=O)/C=C/c2cccc(F)c2)c(C)o1. The van der Waals surface area contributed by atoms with Gasteiger partial charge in [0.15, 0.2) is 0 Å². The highest BCUT2D eigenvalue weighted by molar-refractivity contribution is 5.98. The van der Waals surface area contributed by atoms with Crippen LogP contribution in [0.4, 0.5) is 4.39 Å². The molecule has 6 heteroatoms. The first-order valence-electron chi connectivity index (χ1n) is 6.56. The Morgan fingerprint density at radius 3 is 2.59 bits per heavy atom. The zero-order valence-corrected chi connectivity index (χ0v) is 12.1. The molecule has 114 valence electrons. The van der Waals surface area contributed by atoms with Crippen molar-refractivity contribution in [3.8, 4) is 0 Å². The number of hydrazine groups is 1. The monoisotopic (exact) mass is 302 g/mol. The molecule has 1 aromatic carbocycles. The number of nitrogens with one attached hydrogen (secondary N) is 2. The van der Waals surface area contributed by atoms with Gasteiger partial charge in [-0.25, -0.2) is 4.39 Å². The number of aryl methyl sites for hydroxylation is 2. The van der Waals surface area contributed by atoms with Gasteiger partial charge >= 0.3 is 0 Å². The van der Waals surface area contributed by atoms with Crippen molar-refractivity contribution in [3.63, 3.8) is 0 Å². The van der Waals surface area contributed by atoms with Crippen LogP contribution in [0.15, 0.2) is 40.8 Å². The highest BCUT2D eigenvalue weighted by atomic mass is 19.1. The summed E-state index contributed by atoms with van der Waals surface area (Å²) in [6.07, 6.45) is 2.64. The maximum absolute atomic E-state index is 13.0. The number of amides is 2. The van der Waals surface area contributed by atoms with Crippen molar-refractivity contribution in [2.24, 2.45) is 0 Å². The third-order valence-corrected chi connectivity index (χ3v) is 2.86. The van der Waals surface area contributed by atoms with Gasteiger partial charge in [-0.1, -0.05) is 12.1 Å². The number of carbonyl (C=O) groups excluding carboxylic acids is 2. The molecule has 0 unspecified atom stereocenters. The lowest BCUT2D eigenvalue weighted by molar-refractivity contribution is -0.117. The minimum atomic E-state index is -0.532. The molecule has 0 aliphatic carbocycles. The van der Waals surface area contributed by atoms with Crippen molar-refractivity contribution < 1.29 is 18.4 Å². The van der Waals surface area contributed by atoms with Crippen molar-refractivity contribution in [3.05, 3.63) is 64.9 Å². The fourth-order valence-electron chi connectivity index (χ4n) is 1.87. The van der Waals surface area contributed by atoms with Crippen LogP contribution in [0.2, 0.25) is 0 Å². The summed E-state index contributed by atoms with van der Waals surface area (Å²) in [6.45, 7) is 3.39. The van der Waals surface area contributed by atoms with Gasteiger partial charge in [-0.15, -0.1) is 0 Å². The van der Waals surface area contributed by atoms with Crippen LogP contribution in [-0.4, -0.2) is 11.8 Å². The van der Waals surface area contributed by atoms with E-state index in [1.165, 1.54) is 24.3 Å². The number of furan rings is 1. The van der Waals surface area contributed by atoms with E-state index >= 15 is 0 Å². The zero-order valence-electron chi connectivity index (χ0n) is 12.1. The summed E-state index contributed by atoms with van der Waals surface area (Å²) in [5.74, 6) is -0.307. The third kappa shape index (κ3) is 4.05. The number of halogens is 1. The van der Waals surface area contributed by atoms with E-state index in [9.17, 15) is 14.0 Å². The highest BCUT2D eigenvalue weighted by Gasteiger charge is 2.13. The van der Waals surface area contributed by atoms with E-state index < -0.39 is 11.8 Å². The smallest absolute Gasteiger partial charge is 0.273 e. The molecule has 0 saturated heterocycles. The van der Waals surface area contributed by atoms with Gasteiger partial charge in [0.25, 0.3) is 11.8 Å². The van der Waals surface area contributed by atoms with Gasteiger partial charge in [-0.2, -0.15) is 0 Å². The first kappa shape index (κ1) is 15.5. The van der Waals surface area contributed by atoms with Crippen LogP contribution >= 0.6 is 0 Å². The van der Waals surface area contributed by atoms with Gasteiger partial charge in [0.05, 0.1) is 5.56 Å². The lowest BCUT2D eigenvalue weighted by atomic mass is 10.2. The number of rotatable bonds is 3. The predicted molar refractivity (Wildman–Crippen MR) is 79.2 cm³/mol. The molecule has 0 saturated carbocycles. The van der Waals surface area contributed by atoms with Gasteiger partial charge in [-0.05, 0) is 43.7 Å². The Morgan fingerprint density at radius 1 is 1.18 bits per heavy atom. The lowest BCUT2D eigenvalue weighted by Crippen LogP contribution is -2.40. The molecule has 0 spiro atoms. The summed E-state index contributed by atoms with van der Waals surface area (Å²) in [5.41, 5.74) is 5.42. The van der Waals surface area contributed by atoms with Gasteiger partial charge in [0.1, 0.15) is 17.3 Å². The van der Waals surface area contributed by atoms with Gasteiger partial charge in [0, 0.05) is 6.08 Å². The Kier molecular flexibility index (Phi) is 4.73. The van der Waals surface area contributed by atoms with Crippen LogP contribution in [0.1, 0.15) is 27.4 Å². The predicted octanol–water partition coefficient (Wildman–Crippen LogP) is 2.51. The number of hydrogen-bond acceptors (Lipinski definition) is 3. The fourth-order valence-corrected chi connectivity index (χ4v) is 1.87. The second-order valence-corrected chi connectivity index (χ2v) is 4.66. The Hall–Kier alpha value is -2.89. The molecule has 0 aliphatic heterocycles. The van der Waals surface area contributed by atoms with Crippen LogP contribution in [0.3, 0.4) is 0 Å². The number of carbonyl (C=O) groups is 2. The average molecular weight is 302 g/mol. The molecule has 1 heterocycles. The second-order valence-electron chi connectivity index (χ2n) is 4.66. The first-order chi connectivity index (χ1) is 10.5. The van der Waals surface area contributed by atoms with Crippen LogP contribution in [-0.2, 0) is 4.79 Å². The van der Waals surface area contributed by atoms with Crippen molar-refractivity contribution in [1.82, 2.24) is 10.9 Å². The van der Waals surface area contributed by atoms with E-state index in [1.54, 1.807) is 32.0 Å². The van der Waals surface area contributed by atoms with Gasteiger partial charge in [0.2, 0.25) is 0 Å². The maximum Gasteiger partial charge on any atom is 0.273 e. The molecule has 0 radical (unpaired) electrons. The lowest BCUT2D eigenvalue weighted by Gasteiger charge is -2.04. The number of benzene rings is 1. The summed E-state index contributed by atoms with van der Waals surface area (Å²) < 4.78 is 18.2. The quantitative estimate of drug-likeness (QED) is 0.676. The highest BCUT2D eigenvalue weighted by Crippen LogP contribution is 2.12. The fraction of sp³-hybridized carbons (Fsp3) is 0.125. The van der Waals surface area contributed by atoms with E-state index in [2.05, 4.69) is 10.9 Å². The van der Waals surface area contributed by atoms with Crippen molar-refractivity contribution in [2.45, 2.75) is 13.8 Å². The minimum absolute atomic E-state index is 0.354. The maximum atomic E-state index is 13.0. The largest absolute Gasteiger partial charge is 0.466 e. The van der Waals surface area contributed by atoms with E-state index in [0.717, 1.165) is 0 Å². The Labute approximate surface area is 126 Å². The standard InChI is InChI=1S/C16H15FN2O3/c1-10-8-14(11(2)22-10)16(21)19-18-15(20)7-6-12-4-3-5-13(17)9-12/h3-9H,1-2H3,(H,18,20)(H,19,21)/b7-6+. The van der Waals surface area contributed by atoms with E-state index in [0.29, 0.717) is 22.6 Å². The Balaban J connectivity index is 1.90. The van der Waals surface area contributed by atoms with E-state index in [-0.39, 0.29) is 5.82 Å². The molecular weight excluding hydrogens is 287 g/mol. The number of hydrogen-bond donors (Lipinski definition) is 2. The third-order valence-electron chi connectivity index (χ3n) is 2.86. The second kappa shape index (κ2) is 6.71. The normalized spacial score (nSPS) is 10.7. The van der Waals surface area contributed by atoms with Crippen molar-refractivity contribution >= 4 is 17.9 Å². The molecule has 22 heavy (non-hydrogen) atoms. The summed E-state index contributed by atoms with van der Waals surface area (Å²) in [7, 11) is 0. The Morgan fingerprint density at radius 2 is 1.95 bits per heavy atom. The summed E-state index contributed by atoms with van der Waals surface area (Å²) in [5, 5.41) is 0. The van der Waals surface area contributed by atoms with Gasteiger partial charge < -0.3 is 4.42 Å². The summed E-state index contributed by atoms with van der Waals surface area (Å²) >= 11 is 0. The molecule has 0 atom stereocenters. The molecular formula is C16H15FN2O3. The minimum Gasteiger partial charge on any atom is -0.466 e. The molecule has 0 bridgehead atoms. The first-order valence-corrected chi connectivity index (χ1v) is 6.56. The van der Waals surface area contributed by atoms with E-state index in [1.807, 2.05) is 0 Å². The zero-order chi connectivity index (χ0) is 16.1. The van der Waals surface area contributed by atoms with Crippen molar-refractivity contribution in [2.75, 3.05) is 0 Å².